The van der Waals surface area contributed by atoms with Crippen LogP contribution < -0.4 is 89.2 Å². The minimum absolute atomic E-state index is 0.0171. The van der Waals surface area contributed by atoms with Crippen molar-refractivity contribution >= 4 is 169 Å². The number of halogens is 3. The summed E-state index contributed by atoms with van der Waals surface area (Å²) in [5, 5.41) is 17.9. The predicted molar refractivity (Wildman–Crippen MR) is 436 cm³/mol. The summed E-state index contributed by atoms with van der Waals surface area (Å²) in [6.07, 6.45) is 6.97. The molecule has 6 aromatic heterocycles. The largest absolute Gasteiger partial charge is 0.497 e. The summed E-state index contributed by atoms with van der Waals surface area (Å²) >= 11 is 3.26. The van der Waals surface area contributed by atoms with E-state index in [1.165, 1.54) is 111 Å². The zero-order valence-corrected chi connectivity index (χ0v) is 66.2. The zero-order valence-electron chi connectivity index (χ0n) is 63.8. The highest BCUT2D eigenvalue weighted by Crippen LogP contribution is 2.50. The van der Waals surface area contributed by atoms with E-state index in [4.69, 9.17) is 52.1 Å². The van der Waals surface area contributed by atoms with E-state index in [2.05, 4.69) is 66.7 Å². The number of nitrogens with zero attached hydrogens (tertiary/aromatic N) is 10. The van der Waals surface area contributed by atoms with Gasteiger partial charge in [-0.25, -0.2) is 72.2 Å². The van der Waals surface area contributed by atoms with Crippen LogP contribution in [0.15, 0.2) is 128 Å². The molecule has 17 rings (SSSR count). The van der Waals surface area contributed by atoms with Crippen LogP contribution in [0, 0.1) is 17.5 Å². The molecule has 33 nitrogen and oxygen atoms in total. The normalized spacial score (nSPS) is 14.6. The summed E-state index contributed by atoms with van der Waals surface area (Å²) in [6, 6.07) is 25.6. The maximum atomic E-state index is 14.9. The summed E-state index contributed by atoms with van der Waals surface area (Å²) in [6.45, 7) is 5.57. The van der Waals surface area contributed by atoms with Gasteiger partial charge in [-0.15, -0.1) is 34.0 Å². The van der Waals surface area contributed by atoms with E-state index in [1.54, 1.807) is 66.7 Å². The Kier molecular flexibility index (Phi) is 23.6. The molecule has 0 bridgehead atoms. The third-order valence-corrected chi connectivity index (χ3v) is 22.4. The molecule has 0 aliphatic carbocycles. The Labute approximate surface area is 680 Å². The van der Waals surface area contributed by atoms with Crippen LogP contribution in [0.25, 0.3) is 30.6 Å². The van der Waals surface area contributed by atoms with Crippen molar-refractivity contribution in [3.8, 4) is 51.7 Å². The predicted octanol–water partition coefficient (Wildman–Crippen LogP) is 15.0. The molecule has 1 unspecified atom stereocenters. The number of aromatic nitrogens is 6. The highest BCUT2D eigenvalue weighted by atomic mass is 32.1. The first-order valence-corrected chi connectivity index (χ1v) is 38.7. The van der Waals surface area contributed by atoms with E-state index in [0.29, 0.717) is 113 Å². The van der Waals surface area contributed by atoms with Gasteiger partial charge in [0.2, 0.25) is 0 Å². The van der Waals surface area contributed by atoms with Crippen LogP contribution in [0.1, 0.15) is 48.3 Å². The van der Waals surface area contributed by atoms with Gasteiger partial charge in [0.05, 0.1) is 119 Å². The number of morpholine rings is 1. The molecule has 2 fully saturated rings. The summed E-state index contributed by atoms with van der Waals surface area (Å²) in [5.41, 5.74) is 2.12. The molecule has 5 aliphatic heterocycles. The van der Waals surface area contributed by atoms with Gasteiger partial charge in [-0.1, -0.05) is 0 Å². The Hall–Kier alpha value is -13.5. The van der Waals surface area contributed by atoms with E-state index in [9.17, 15) is 41.9 Å². The van der Waals surface area contributed by atoms with Crippen molar-refractivity contribution in [2.24, 2.45) is 0 Å². The molecule has 9 amide bonds. The lowest BCUT2D eigenvalue weighted by atomic mass is 10.1. The number of methoxy groups -OCH3 is 7. The molecule has 6 aromatic carbocycles. The van der Waals surface area contributed by atoms with Gasteiger partial charge in [-0.2, -0.15) is 0 Å². The number of hydrogen-bond donors (Lipinski definition) is 6. The van der Waals surface area contributed by atoms with Crippen molar-refractivity contribution in [2.45, 2.75) is 25.4 Å². The lowest BCUT2D eigenvalue weighted by Crippen LogP contribution is -2.38. The van der Waals surface area contributed by atoms with Crippen LogP contribution in [-0.4, -0.2) is 179 Å². The van der Waals surface area contributed by atoms with E-state index >= 15 is 0 Å². The molecule has 11 heterocycles. The molecule has 118 heavy (non-hydrogen) atoms. The third-order valence-electron chi connectivity index (χ3n) is 19.1. The van der Waals surface area contributed by atoms with Crippen LogP contribution in [-0.2, 0) is 9.47 Å². The molecular formula is C79H71F3N16O17S3. The monoisotopic (exact) mass is 1670 g/mol. The van der Waals surface area contributed by atoms with Crippen molar-refractivity contribution < 1.29 is 94.0 Å². The fourth-order valence-electron chi connectivity index (χ4n) is 13.4. The lowest BCUT2D eigenvalue weighted by molar-refractivity contribution is -0.0114. The Bertz CT molecular complexity index is 5910. The van der Waals surface area contributed by atoms with Crippen LogP contribution in [0.5, 0.6) is 51.7 Å². The number of urea groups is 3. The van der Waals surface area contributed by atoms with E-state index < -0.39 is 53.3 Å². The highest BCUT2D eigenvalue weighted by molar-refractivity contribution is 7.22. The maximum Gasteiger partial charge on any atom is 0.332 e. The number of ether oxygens (including phenoxy) is 11. The van der Waals surface area contributed by atoms with Gasteiger partial charge < -0.3 is 84.0 Å². The van der Waals surface area contributed by atoms with E-state index in [-0.39, 0.29) is 72.3 Å². The van der Waals surface area contributed by atoms with Gasteiger partial charge in [0, 0.05) is 79.7 Å². The van der Waals surface area contributed by atoms with Crippen LogP contribution >= 0.6 is 34.0 Å². The van der Waals surface area contributed by atoms with Crippen LogP contribution in [0.2, 0.25) is 0 Å². The summed E-state index contributed by atoms with van der Waals surface area (Å²) in [4.78, 5) is 113. The summed E-state index contributed by atoms with van der Waals surface area (Å²) in [7, 11) is 10.3. The minimum atomic E-state index is -0.671. The number of hydrogen-bond acceptors (Lipinski definition) is 27. The summed E-state index contributed by atoms with van der Waals surface area (Å²) in [5.74, 6) is 0.972. The average molecular weight is 1670 g/mol. The third kappa shape index (κ3) is 16.2. The fourth-order valence-corrected chi connectivity index (χ4v) is 16.3. The van der Waals surface area contributed by atoms with Gasteiger partial charge in [-0.3, -0.25) is 19.3 Å². The molecule has 6 N–H and O–H groups in total. The van der Waals surface area contributed by atoms with Crippen molar-refractivity contribution in [1.82, 2.24) is 34.8 Å². The van der Waals surface area contributed by atoms with Gasteiger partial charge in [0.1, 0.15) is 78.6 Å². The van der Waals surface area contributed by atoms with Gasteiger partial charge in [-0.05, 0) is 92.1 Å². The second-order valence-corrected chi connectivity index (χ2v) is 29.1. The highest BCUT2D eigenvalue weighted by Gasteiger charge is 2.39. The van der Waals surface area contributed by atoms with E-state index in [0.717, 1.165) is 107 Å². The molecule has 2 saturated heterocycles. The number of rotatable bonds is 23. The molecule has 0 spiro atoms. The van der Waals surface area contributed by atoms with E-state index in [1.807, 2.05) is 0 Å². The second-order valence-electron chi connectivity index (χ2n) is 26.1. The standard InChI is InChI=1S/C28H27FN6O6S.C28H26FN5O6S.C23H18FN5O5S/c1-38-17-4-5-19(18(29)14-17)35-25-22-23(33-28(35)37)24(42-27(22)31-15-30-25)26(36)32-16-3-6-20(21(13-16)39-2)41-12-9-34-7-10-40-11-8-34;1-37-16-7-8-19(18(29)12-16)34-25-22-23(33-28(34)36)24(41-27(22)31-14-30-25)26(35)32-15-6-9-20(21(11-15)38-2)40-13-17-5-3-4-10-39-17;1-32-12-5-6-14(13(24)9-12)29-20-17-18(28-23(29)31)19(35-22(17)26-10-25-20)21(30)27-11-4-7-15(33-2)16(8-11)34-3/h3-6,13-15H,7-12H2,1-2H3,(H,32,36)(H,33,37);6-9,11-12,14,17H,3-5,10,13H2,1-2H3,(H,32,35)(H,33,36);4-10H,1-3H3,(H,27,30)(H,28,31). The van der Waals surface area contributed by atoms with Crippen LogP contribution in [0.4, 0.5) is 96.2 Å². The number of benzene rings is 6. The van der Waals surface area contributed by atoms with Crippen molar-refractivity contribution in [3.63, 3.8) is 0 Å². The maximum absolute atomic E-state index is 14.9. The first kappa shape index (κ1) is 79.7. The SMILES string of the molecule is COc1ccc(N2C(=O)Nc3c(C(=O)Nc4ccc(OC)c(OC)c4)sc4ncnc2c34)c(F)c1.COc1ccc(N2C(=O)Nc3c(C(=O)Nc4ccc(OCC5CCCCO5)c(OC)c4)sc4ncnc2c34)c(F)c1.COc1ccc(N2C(=O)Nc3c(C(=O)Nc4ccc(OCCN5CCOCC5)c(OC)c4)sc4ncnc2c34)c(F)c1. The van der Waals surface area contributed by atoms with Crippen molar-refractivity contribution in [1.29, 1.82) is 0 Å². The first-order valence-electron chi connectivity index (χ1n) is 36.2. The van der Waals surface area contributed by atoms with Gasteiger partial charge in [0.25, 0.3) is 17.7 Å². The first-order chi connectivity index (χ1) is 57.4. The number of thiophene rings is 3. The van der Waals surface area contributed by atoms with Gasteiger partial charge in [0.15, 0.2) is 69.4 Å². The second kappa shape index (κ2) is 34.9. The number of carbonyl (C=O) groups is 6. The minimum Gasteiger partial charge on any atom is -0.497 e. The van der Waals surface area contributed by atoms with Gasteiger partial charge >= 0.3 is 18.1 Å². The number of amides is 9. The molecule has 0 saturated carbocycles. The zero-order chi connectivity index (χ0) is 82.4. The van der Waals surface area contributed by atoms with Crippen molar-refractivity contribution in [3.05, 3.63) is 160 Å². The quantitative estimate of drug-likeness (QED) is 0.0346. The van der Waals surface area contributed by atoms with Crippen molar-refractivity contribution in [2.75, 3.05) is 149 Å². The molecule has 5 aliphatic rings. The summed E-state index contributed by atoms with van der Waals surface area (Å²) < 4.78 is 104. The Morgan fingerprint density at radius 2 is 0.822 bits per heavy atom. The topological polar surface area (TPSA) is 366 Å². The molecule has 1 atom stereocenters. The molecule has 12 aromatic rings. The number of nitrogens with one attached hydrogen (secondary N) is 6. The Morgan fingerprint density at radius 3 is 1.18 bits per heavy atom. The van der Waals surface area contributed by atoms with Crippen LogP contribution in [0.3, 0.4) is 0 Å². The number of carbonyl (C=O) groups excluding carboxylic acids is 6. The number of anilines is 12. The Morgan fingerprint density at radius 1 is 0.449 bits per heavy atom. The average Bonchev–Trinajstić information content (AvgIpc) is 1.57. The Balaban J connectivity index is 0.000000139. The lowest BCUT2D eigenvalue weighted by Gasteiger charge is -2.27. The molecule has 0 radical (unpaired) electrons. The molecular weight excluding hydrogens is 1600 g/mol. The smallest absolute Gasteiger partial charge is 0.332 e. The molecule has 608 valence electrons. The molecule has 39 heteroatoms. The fraction of sp³-hybridized carbons (Fsp3) is 0.241.